The van der Waals surface area contributed by atoms with Crippen molar-refractivity contribution in [3.63, 3.8) is 0 Å². The third kappa shape index (κ3) is 13.8. The minimum atomic E-state index is -2.90. The molecule has 0 aliphatic heterocycles. The van der Waals surface area contributed by atoms with Gasteiger partial charge in [0.15, 0.2) is 0 Å². The first kappa shape index (κ1) is 31.8. The average Bonchev–Trinajstić information content (AvgIpc) is 2.65. The summed E-state index contributed by atoms with van der Waals surface area (Å²) in [6.45, 7) is 22.0. The molecule has 0 N–H and O–H groups in total. The van der Waals surface area contributed by atoms with E-state index in [1.54, 1.807) is 26.8 Å². The molecule has 0 saturated carbocycles. The molecule has 0 atom stereocenters. The summed E-state index contributed by atoms with van der Waals surface area (Å²) in [7, 11) is 0. The number of rotatable bonds is 6. The fourth-order valence-corrected chi connectivity index (χ4v) is 2.28. The predicted molar refractivity (Wildman–Crippen MR) is 121 cm³/mol. The summed E-state index contributed by atoms with van der Waals surface area (Å²) < 4.78 is 34.8. The maximum Gasteiger partial charge on any atom is 0.387 e. The van der Waals surface area contributed by atoms with Gasteiger partial charge in [-0.3, -0.25) is 4.79 Å². The number of halogens is 2. The van der Waals surface area contributed by atoms with E-state index in [1.165, 1.54) is 12.1 Å². The minimum Gasteiger partial charge on any atom is -0.460 e. The fourth-order valence-electron chi connectivity index (χ4n) is 2.28. The monoisotopic (exact) mass is 416 g/mol. The Bertz CT molecular complexity index is 574. The number of benzene rings is 1. The summed E-state index contributed by atoms with van der Waals surface area (Å²) in [4.78, 5) is 12.1. The van der Waals surface area contributed by atoms with E-state index in [1.807, 2.05) is 55.4 Å². The van der Waals surface area contributed by atoms with Gasteiger partial charge in [-0.25, -0.2) is 0 Å². The van der Waals surface area contributed by atoms with Crippen molar-refractivity contribution in [2.45, 2.75) is 101 Å². The molecule has 0 aliphatic rings. The van der Waals surface area contributed by atoms with Crippen LogP contribution in [0.15, 0.2) is 18.7 Å². The topological polar surface area (TPSA) is 35.5 Å². The first-order valence-corrected chi connectivity index (χ1v) is 10.5. The molecule has 29 heavy (non-hydrogen) atoms. The second-order valence-corrected chi connectivity index (χ2v) is 6.58. The van der Waals surface area contributed by atoms with E-state index in [9.17, 15) is 13.6 Å². The van der Waals surface area contributed by atoms with Gasteiger partial charge in [0.05, 0.1) is 6.42 Å². The Morgan fingerprint density at radius 3 is 1.90 bits per heavy atom. The molecular weight excluding hydrogens is 374 g/mol. The molecule has 0 aromatic heterocycles. The zero-order valence-corrected chi connectivity index (χ0v) is 20.3. The summed E-state index contributed by atoms with van der Waals surface area (Å²) in [6, 6.07) is 3.01. The van der Waals surface area contributed by atoms with E-state index in [0.29, 0.717) is 5.56 Å². The molecule has 0 radical (unpaired) electrons. The number of carbonyl (C=O) groups is 1. The second-order valence-electron chi connectivity index (χ2n) is 6.58. The first-order chi connectivity index (χ1) is 13.5. The van der Waals surface area contributed by atoms with Gasteiger partial charge < -0.3 is 9.47 Å². The Kier molecular flexibility index (Phi) is 18.6. The third-order valence-corrected chi connectivity index (χ3v) is 3.10. The van der Waals surface area contributed by atoms with Crippen LogP contribution in [0.3, 0.4) is 0 Å². The Morgan fingerprint density at radius 1 is 1.07 bits per heavy atom. The highest BCUT2D eigenvalue weighted by Gasteiger charge is 2.21. The number of hydrogen-bond acceptors (Lipinski definition) is 3. The molecular formula is C24H42F2O3. The van der Waals surface area contributed by atoms with Crippen molar-refractivity contribution < 1.29 is 23.0 Å². The van der Waals surface area contributed by atoms with Crippen LogP contribution in [-0.4, -0.2) is 18.2 Å². The van der Waals surface area contributed by atoms with Gasteiger partial charge in [0.1, 0.15) is 11.4 Å². The molecule has 0 unspecified atom stereocenters. The molecule has 5 heteroatoms. The number of alkyl halides is 2. The molecule has 0 bridgehead atoms. The van der Waals surface area contributed by atoms with E-state index in [4.69, 9.17) is 4.74 Å². The largest absolute Gasteiger partial charge is 0.460 e. The van der Waals surface area contributed by atoms with Gasteiger partial charge in [-0.2, -0.15) is 8.78 Å². The molecule has 170 valence electrons. The van der Waals surface area contributed by atoms with Crippen LogP contribution in [-0.2, 0) is 16.0 Å². The van der Waals surface area contributed by atoms with E-state index >= 15 is 0 Å². The molecule has 1 aromatic rings. The van der Waals surface area contributed by atoms with Crippen molar-refractivity contribution in [2.24, 2.45) is 0 Å². The molecule has 0 spiro atoms. The van der Waals surface area contributed by atoms with Crippen LogP contribution < -0.4 is 4.74 Å². The van der Waals surface area contributed by atoms with Crippen LogP contribution in [0.1, 0.15) is 98.8 Å². The van der Waals surface area contributed by atoms with Gasteiger partial charge in [-0.15, -0.1) is 0 Å². The first-order valence-electron chi connectivity index (χ1n) is 10.5. The van der Waals surface area contributed by atoms with Crippen molar-refractivity contribution >= 4 is 12.0 Å². The van der Waals surface area contributed by atoms with Crippen molar-refractivity contribution in [1.29, 1.82) is 0 Å². The van der Waals surface area contributed by atoms with Crippen molar-refractivity contribution in [2.75, 3.05) is 0 Å². The Labute approximate surface area is 177 Å². The van der Waals surface area contributed by atoms with Gasteiger partial charge in [0, 0.05) is 0 Å². The van der Waals surface area contributed by atoms with E-state index in [0.717, 1.165) is 11.1 Å². The van der Waals surface area contributed by atoms with Gasteiger partial charge in [-0.1, -0.05) is 68.0 Å². The van der Waals surface area contributed by atoms with E-state index in [2.05, 4.69) is 11.3 Å². The number of hydrogen-bond donors (Lipinski definition) is 0. The predicted octanol–water partition coefficient (Wildman–Crippen LogP) is 8.02. The maximum absolute atomic E-state index is 12.5. The summed E-state index contributed by atoms with van der Waals surface area (Å²) in [5.74, 6) is -0.274. The lowest BCUT2D eigenvalue weighted by molar-refractivity contribution is -0.153. The highest BCUT2D eigenvalue weighted by molar-refractivity contribution is 5.76. The Hall–Kier alpha value is -1.91. The fraction of sp³-hybridized carbons (Fsp3) is 0.625. The molecule has 0 aliphatic carbocycles. The number of carbonyl (C=O) groups excluding carboxylic acids is 1. The standard InChI is InChI=1S/C18H24F2O3.3C2H6/c1-7-12-8-13(22-17(19)20)9-14(11(2)3)15(12)10-16(21)23-18(4,5)6;3*1-2/h7-9,11,17H,1,10H2,2-6H3;3*1-2H3. The lowest BCUT2D eigenvalue weighted by atomic mass is 9.91. The molecule has 0 saturated heterocycles. The van der Waals surface area contributed by atoms with E-state index in [-0.39, 0.29) is 24.1 Å². The lowest BCUT2D eigenvalue weighted by Gasteiger charge is -2.22. The second kappa shape index (κ2) is 17.0. The zero-order chi connectivity index (χ0) is 23.8. The van der Waals surface area contributed by atoms with Crippen LogP contribution in [0.2, 0.25) is 0 Å². The zero-order valence-electron chi connectivity index (χ0n) is 20.3. The molecule has 3 nitrogen and oxygen atoms in total. The Morgan fingerprint density at radius 2 is 1.55 bits per heavy atom. The Balaban J connectivity index is -0.00000103. The molecule has 0 amide bonds. The van der Waals surface area contributed by atoms with Gasteiger partial charge in [-0.05, 0) is 55.5 Å². The van der Waals surface area contributed by atoms with Crippen LogP contribution in [0, 0.1) is 0 Å². The van der Waals surface area contributed by atoms with Crippen LogP contribution in [0.4, 0.5) is 8.78 Å². The minimum absolute atomic E-state index is 0.0346. The van der Waals surface area contributed by atoms with Gasteiger partial charge in [0.2, 0.25) is 0 Å². The highest BCUT2D eigenvalue weighted by Crippen LogP contribution is 2.31. The van der Waals surface area contributed by atoms with E-state index < -0.39 is 12.2 Å². The SMILES string of the molecule is C=Cc1cc(OC(F)F)cc(C(C)C)c1CC(=O)OC(C)(C)C.CC.CC.CC. The van der Waals surface area contributed by atoms with Crippen LogP contribution in [0.5, 0.6) is 5.75 Å². The molecule has 0 fully saturated rings. The van der Waals surface area contributed by atoms with Crippen LogP contribution >= 0.6 is 0 Å². The lowest BCUT2D eigenvalue weighted by Crippen LogP contribution is -2.25. The number of ether oxygens (including phenoxy) is 2. The van der Waals surface area contributed by atoms with Crippen molar-refractivity contribution in [3.05, 3.63) is 35.4 Å². The molecule has 1 aromatic carbocycles. The smallest absolute Gasteiger partial charge is 0.387 e. The van der Waals surface area contributed by atoms with Crippen LogP contribution in [0.25, 0.3) is 6.08 Å². The van der Waals surface area contributed by atoms with Gasteiger partial charge >= 0.3 is 12.6 Å². The van der Waals surface area contributed by atoms with Crippen molar-refractivity contribution in [1.82, 2.24) is 0 Å². The molecule has 1 rings (SSSR count). The average molecular weight is 417 g/mol. The van der Waals surface area contributed by atoms with Crippen molar-refractivity contribution in [3.8, 4) is 5.75 Å². The third-order valence-electron chi connectivity index (χ3n) is 3.10. The highest BCUT2D eigenvalue weighted by atomic mass is 19.3. The molecule has 0 heterocycles. The summed E-state index contributed by atoms with van der Waals surface area (Å²) in [5.41, 5.74) is 1.51. The summed E-state index contributed by atoms with van der Waals surface area (Å²) in [5, 5.41) is 0. The number of esters is 1. The maximum atomic E-state index is 12.5. The van der Waals surface area contributed by atoms with Gasteiger partial charge in [0.25, 0.3) is 0 Å². The summed E-state index contributed by atoms with van der Waals surface area (Å²) in [6.07, 6.45) is 1.59. The quantitative estimate of drug-likeness (QED) is 0.440. The summed E-state index contributed by atoms with van der Waals surface area (Å²) >= 11 is 0. The normalized spacial score (nSPS) is 9.90.